The van der Waals surface area contributed by atoms with Crippen LogP contribution in [0, 0.1) is 29.1 Å². The highest BCUT2D eigenvalue weighted by Crippen LogP contribution is 2.67. The number of fused-ring (bicyclic) bond motifs is 1. The summed E-state index contributed by atoms with van der Waals surface area (Å²) in [5.74, 6) is 3.15. The van der Waals surface area contributed by atoms with Gasteiger partial charge in [0.1, 0.15) is 0 Å². The van der Waals surface area contributed by atoms with Crippen molar-refractivity contribution in [2.75, 3.05) is 0 Å². The van der Waals surface area contributed by atoms with Gasteiger partial charge in [0.2, 0.25) is 0 Å². The van der Waals surface area contributed by atoms with E-state index in [1.165, 1.54) is 12.8 Å². The number of hydrogen-bond acceptors (Lipinski definition) is 1. The summed E-state index contributed by atoms with van der Waals surface area (Å²) in [4.78, 5) is 0. The SMILES string of the molecule is CC(O)C1CC2C(CC1C)C2(C)C. The number of aliphatic hydroxyl groups excluding tert-OH is 1. The smallest absolute Gasteiger partial charge is 0.0542 e. The molecule has 0 bridgehead atoms. The van der Waals surface area contributed by atoms with Gasteiger partial charge in [-0.3, -0.25) is 0 Å². The molecule has 1 N–H and O–H groups in total. The van der Waals surface area contributed by atoms with E-state index in [-0.39, 0.29) is 6.10 Å². The first-order valence-electron chi connectivity index (χ1n) is 5.62. The molecule has 0 radical (unpaired) electrons. The zero-order valence-electron chi connectivity index (χ0n) is 9.25. The van der Waals surface area contributed by atoms with Crippen LogP contribution in [0.15, 0.2) is 0 Å². The molecule has 2 rings (SSSR count). The third-order valence-corrected chi connectivity index (χ3v) is 4.79. The second-order valence-corrected chi connectivity index (χ2v) is 5.89. The quantitative estimate of drug-likeness (QED) is 0.661. The summed E-state index contributed by atoms with van der Waals surface area (Å²) in [5, 5.41) is 9.65. The van der Waals surface area contributed by atoms with E-state index in [4.69, 9.17) is 0 Å². The Kier molecular flexibility index (Phi) is 1.99. The van der Waals surface area contributed by atoms with E-state index in [1.54, 1.807) is 0 Å². The van der Waals surface area contributed by atoms with E-state index in [2.05, 4.69) is 20.8 Å². The number of aliphatic hydroxyl groups is 1. The Labute approximate surface area is 81.5 Å². The Bertz CT molecular complexity index is 207. The van der Waals surface area contributed by atoms with Crippen molar-refractivity contribution in [1.29, 1.82) is 0 Å². The van der Waals surface area contributed by atoms with Gasteiger partial charge in [-0.05, 0) is 48.9 Å². The standard InChI is InChI=1S/C12H22O/c1-7-5-10-11(12(10,3)4)6-9(7)8(2)13/h7-11,13H,5-6H2,1-4H3. The topological polar surface area (TPSA) is 20.2 Å². The van der Waals surface area contributed by atoms with E-state index >= 15 is 0 Å². The summed E-state index contributed by atoms with van der Waals surface area (Å²) in [5.41, 5.74) is 0.581. The molecular weight excluding hydrogens is 160 g/mol. The van der Waals surface area contributed by atoms with Gasteiger partial charge in [-0.15, -0.1) is 0 Å². The molecule has 0 amide bonds. The Hall–Kier alpha value is -0.0400. The first kappa shape index (κ1) is 9.51. The van der Waals surface area contributed by atoms with Crippen molar-refractivity contribution in [3.8, 4) is 0 Å². The minimum atomic E-state index is -0.104. The van der Waals surface area contributed by atoms with Crippen LogP contribution >= 0.6 is 0 Å². The number of rotatable bonds is 1. The van der Waals surface area contributed by atoms with Gasteiger partial charge in [-0.25, -0.2) is 0 Å². The molecule has 0 spiro atoms. The fraction of sp³-hybridized carbons (Fsp3) is 1.00. The van der Waals surface area contributed by atoms with Crippen LogP contribution in [-0.4, -0.2) is 11.2 Å². The van der Waals surface area contributed by atoms with Crippen molar-refractivity contribution in [2.45, 2.75) is 46.6 Å². The third-order valence-electron chi connectivity index (χ3n) is 4.79. The Morgan fingerprint density at radius 2 is 1.77 bits per heavy atom. The monoisotopic (exact) mass is 182 g/mol. The van der Waals surface area contributed by atoms with Crippen LogP contribution < -0.4 is 0 Å². The molecule has 1 nitrogen and oxygen atoms in total. The predicted octanol–water partition coefficient (Wildman–Crippen LogP) is 2.69. The maximum atomic E-state index is 9.65. The maximum absolute atomic E-state index is 9.65. The van der Waals surface area contributed by atoms with Gasteiger partial charge in [-0.1, -0.05) is 20.8 Å². The Balaban J connectivity index is 2.05. The van der Waals surface area contributed by atoms with Gasteiger partial charge in [-0.2, -0.15) is 0 Å². The summed E-state index contributed by atoms with van der Waals surface area (Å²) in [6, 6.07) is 0. The van der Waals surface area contributed by atoms with Crippen LogP contribution in [0.4, 0.5) is 0 Å². The lowest BCUT2D eigenvalue weighted by Gasteiger charge is -2.30. The van der Waals surface area contributed by atoms with Gasteiger partial charge < -0.3 is 5.11 Å². The van der Waals surface area contributed by atoms with Crippen LogP contribution in [0.2, 0.25) is 0 Å². The van der Waals surface area contributed by atoms with Crippen molar-refractivity contribution < 1.29 is 5.11 Å². The molecule has 1 heteroatoms. The fourth-order valence-corrected chi connectivity index (χ4v) is 3.57. The molecule has 0 aromatic heterocycles. The lowest BCUT2D eigenvalue weighted by Crippen LogP contribution is -2.27. The lowest BCUT2D eigenvalue weighted by atomic mass is 9.78. The molecule has 0 saturated heterocycles. The highest BCUT2D eigenvalue weighted by molar-refractivity contribution is 5.09. The van der Waals surface area contributed by atoms with E-state index < -0.39 is 0 Å². The Morgan fingerprint density at radius 3 is 2.31 bits per heavy atom. The number of hydrogen-bond donors (Lipinski definition) is 1. The first-order chi connectivity index (χ1) is 5.94. The van der Waals surface area contributed by atoms with Crippen molar-refractivity contribution in [1.82, 2.24) is 0 Å². The molecule has 2 aliphatic carbocycles. The molecule has 13 heavy (non-hydrogen) atoms. The normalized spacial score (nSPS) is 49.6. The van der Waals surface area contributed by atoms with Gasteiger partial charge in [0.25, 0.3) is 0 Å². The van der Waals surface area contributed by atoms with Crippen molar-refractivity contribution >= 4 is 0 Å². The molecule has 0 aromatic rings. The van der Waals surface area contributed by atoms with Crippen LogP contribution in [-0.2, 0) is 0 Å². The van der Waals surface area contributed by atoms with Crippen molar-refractivity contribution in [3.63, 3.8) is 0 Å². The summed E-state index contributed by atoms with van der Waals surface area (Å²) in [6.45, 7) is 9.04. The third kappa shape index (κ3) is 1.32. The molecule has 5 atom stereocenters. The average Bonchev–Trinajstić information content (AvgIpc) is 2.52. The molecule has 0 aromatic carbocycles. The van der Waals surface area contributed by atoms with E-state index in [0.29, 0.717) is 11.3 Å². The second kappa shape index (κ2) is 2.73. The minimum absolute atomic E-state index is 0.104. The van der Waals surface area contributed by atoms with Crippen LogP contribution in [0.1, 0.15) is 40.5 Å². The maximum Gasteiger partial charge on any atom is 0.0542 e. The van der Waals surface area contributed by atoms with Crippen molar-refractivity contribution in [3.05, 3.63) is 0 Å². The summed E-state index contributed by atoms with van der Waals surface area (Å²) in [6.07, 6.45) is 2.50. The highest BCUT2D eigenvalue weighted by atomic mass is 16.3. The van der Waals surface area contributed by atoms with E-state index in [1.807, 2.05) is 6.92 Å². The zero-order valence-corrected chi connectivity index (χ0v) is 9.25. The van der Waals surface area contributed by atoms with E-state index in [9.17, 15) is 5.11 Å². The molecule has 0 aliphatic heterocycles. The molecule has 2 fully saturated rings. The van der Waals surface area contributed by atoms with E-state index in [0.717, 1.165) is 17.8 Å². The molecule has 5 unspecified atom stereocenters. The molecule has 0 heterocycles. The van der Waals surface area contributed by atoms with Gasteiger partial charge in [0.05, 0.1) is 6.10 Å². The summed E-state index contributed by atoms with van der Waals surface area (Å²) < 4.78 is 0. The molecule has 76 valence electrons. The highest BCUT2D eigenvalue weighted by Gasteiger charge is 2.60. The van der Waals surface area contributed by atoms with Crippen LogP contribution in [0.3, 0.4) is 0 Å². The summed E-state index contributed by atoms with van der Waals surface area (Å²) in [7, 11) is 0. The predicted molar refractivity (Wildman–Crippen MR) is 54.3 cm³/mol. The summed E-state index contributed by atoms with van der Waals surface area (Å²) >= 11 is 0. The molecular formula is C12H22O. The largest absolute Gasteiger partial charge is 0.393 e. The van der Waals surface area contributed by atoms with Crippen LogP contribution in [0.25, 0.3) is 0 Å². The zero-order chi connectivity index (χ0) is 9.80. The molecule has 2 saturated carbocycles. The van der Waals surface area contributed by atoms with Crippen LogP contribution in [0.5, 0.6) is 0 Å². The minimum Gasteiger partial charge on any atom is -0.393 e. The Morgan fingerprint density at radius 1 is 1.23 bits per heavy atom. The van der Waals surface area contributed by atoms with Gasteiger partial charge in [0.15, 0.2) is 0 Å². The lowest BCUT2D eigenvalue weighted by molar-refractivity contribution is 0.0644. The first-order valence-corrected chi connectivity index (χ1v) is 5.62. The van der Waals surface area contributed by atoms with Gasteiger partial charge in [0, 0.05) is 0 Å². The average molecular weight is 182 g/mol. The van der Waals surface area contributed by atoms with Crippen molar-refractivity contribution in [2.24, 2.45) is 29.1 Å². The second-order valence-electron chi connectivity index (χ2n) is 5.89. The fourth-order valence-electron chi connectivity index (χ4n) is 3.57. The van der Waals surface area contributed by atoms with Gasteiger partial charge >= 0.3 is 0 Å². The molecule has 2 aliphatic rings.